The molecule has 9 heteroatoms. The first kappa shape index (κ1) is 21.4. The van der Waals surface area contributed by atoms with Gasteiger partial charge in [-0.15, -0.1) is 5.10 Å². The highest BCUT2D eigenvalue weighted by molar-refractivity contribution is 5.89. The Kier molecular flexibility index (Phi) is 5.83. The summed E-state index contributed by atoms with van der Waals surface area (Å²) in [5, 5.41) is 24.4. The van der Waals surface area contributed by atoms with Crippen LogP contribution in [0.2, 0.25) is 0 Å². The average Bonchev–Trinajstić information content (AvgIpc) is 3.48. The third kappa shape index (κ3) is 4.42. The molecule has 0 radical (unpaired) electrons. The van der Waals surface area contributed by atoms with Gasteiger partial charge < -0.3 is 14.8 Å². The second-order valence-electron chi connectivity index (χ2n) is 7.89. The van der Waals surface area contributed by atoms with Crippen LogP contribution in [0.4, 0.5) is 0 Å². The number of ether oxygens (including phenoxy) is 1. The minimum atomic E-state index is -1.26. The Morgan fingerprint density at radius 2 is 1.81 bits per heavy atom. The number of imidazole rings is 1. The van der Waals surface area contributed by atoms with Crippen molar-refractivity contribution >= 4 is 5.97 Å². The number of aryl methyl sites for hydroxylation is 1. The smallest absolute Gasteiger partial charge is 0.357 e. The highest BCUT2D eigenvalue weighted by Gasteiger charge is 2.29. The van der Waals surface area contributed by atoms with Crippen molar-refractivity contribution in [3.05, 3.63) is 71.3 Å². The summed E-state index contributed by atoms with van der Waals surface area (Å²) in [7, 11) is 0. The van der Waals surface area contributed by atoms with Crippen molar-refractivity contribution in [2.45, 2.75) is 39.4 Å². The van der Waals surface area contributed by atoms with E-state index in [0.717, 1.165) is 22.3 Å². The maximum absolute atomic E-state index is 12.7. The summed E-state index contributed by atoms with van der Waals surface area (Å²) < 4.78 is 5.48. The molecule has 2 aromatic carbocycles. The van der Waals surface area contributed by atoms with Gasteiger partial charge in [-0.3, -0.25) is 0 Å². The van der Waals surface area contributed by atoms with E-state index in [-0.39, 0.29) is 18.0 Å². The van der Waals surface area contributed by atoms with E-state index in [2.05, 4.69) is 30.6 Å². The standard InChI is InChI=1S/C23H24N6O3/c1-4-18-24-19(20(25-18)23(2,3)31)22(30)32-13-14-9-11-15(12-10-14)16-7-5-6-8-17(16)21-26-28-29-27-21/h5-12,31H,4,13H2,1-3H3,(H,24,25)(H,26,27,28,29). The topological polar surface area (TPSA) is 130 Å². The van der Waals surface area contributed by atoms with Crippen LogP contribution in [0, 0.1) is 0 Å². The molecule has 3 N–H and O–H groups in total. The SMILES string of the molecule is CCc1nc(C(C)(C)O)c(C(=O)OCc2ccc(-c3ccccc3-c3nnn[nH]3)cc2)[nH]1. The van der Waals surface area contributed by atoms with E-state index in [9.17, 15) is 9.90 Å². The lowest BCUT2D eigenvalue weighted by Gasteiger charge is -2.15. The number of aromatic amines is 2. The minimum Gasteiger partial charge on any atom is -0.456 e. The molecule has 32 heavy (non-hydrogen) atoms. The number of nitrogens with zero attached hydrogens (tertiary/aromatic N) is 4. The zero-order chi connectivity index (χ0) is 22.7. The molecular weight excluding hydrogens is 408 g/mol. The van der Waals surface area contributed by atoms with Crippen molar-refractivity contribution < 1.29 is 14.6 Å². The molecule has 2 aromatic heterocycles. The van der Waals surface area contributed by atoms with E-state index in [1.807, 2.05) is 55.5 Å². The number of esters is 1. The van der Waals surface area contributed by atoms with Gasteiger partial charge in [0, 0.05) is 12.0 Å². The molecule has 2 heterocycles. The summed E-state index contributed by atoms with van der Waals surface area (Å²) >= 11 is 0. The highest BCUT2D eigenvalue weighted by Crippen LogP contribution is 2.30. The van der Waals surface area contributed by atoms with Crippen LogP contribution in [0.15, 0.2) is 48.5 Å². The minimum absolute atomic E-state index is 0.0958. The number of carbonyl (C=O) groups excluding carboxylic acids is 1. The summed E-state index contributed by atoms with van der Waals surface area (Å²) in [6.45, 7) is 5.19. The van der Waals surface area contributed by atoms with Crippen molar-refractivity contribution in [3.63, 3.8) is 0 Å². The van der Waals surface area contributed by atoms with Crippen molar-refractivity contribution in [2.24, 2.45) is 0 Å². The Hall–Kier alpha value is -3.85. The molecule has 0 saturated heterocycles. The maximum Gasteiger partial charge on any atom is 0.357 e. The molecule has 0 atom stereocenters. The van der Waals surface area contributed by atoms with Crippen molar-refractivity contribution in [1.29, 1.82) is 0 Å². The number of hydrogen-bond acceptors (Lipinski definition) is 7. The van der Waals surface area contributed by atoms with E-state index in [0.29, 0.717) is 18.1 Å². The number of aromatic nitrogens is 6. The van der Waals surface area contributed by atoms with Gasteiger partial charge >= 0.3 is 5.97 Å². The largest absolute Gasteiger partial charge is 0.456 e. The zero-order valence-corrected chi connectivity index (χ0v) is 18.1. The molecule has 0 bridgehead atoms. The van der Waals surface area contributed by atoms with Crippen LogP contribution in [0.5, 0.6) is 0 Å². The van der Waals surface area contributed by atoms with Gasteiger partial charge in [-0.05, 0) is 41.0 Å². The Bertz CT molecular complexity index is 1210. The van der Waals surface area contributed by atoms with E-state index in [1.54, 1.807) is 13.8 Å². The Balaban J connectivity index is 1.49. The molecule has 0 aliphatic heterocycles. The lowest BCUT2D eigenvalue weighted by molar-refractivity contribution is 0.0428. The Morgan fingerprint density at radius 1 is 1.09 bits per heavy atom. The van der Waals surface area contributed by atoms with E-state index in [4.69, 9.17) is 4.74 Å². The van der Waals surface area contributed by atoms with Gasteiger partial charge in [0.2, 0.25) is 0 Å². The number of carbonyl (C=O) groups is 1. The van der Waals surface area contributed by atoms with Crippen LogP contribution in [0.1, 0.15) is 48.3 Å². The molecule has 0 amide bonds. The summed E-state index contributed by atoms with van der Waals surface area (Å²) in [5.41, 5.74) is 2.90. The van der Waals surface area contributed by atoms with E-state index >= 15 is 0 Å². The number of hydrogen-bond donors (Lipinski definition) is 3. The van der Waals surface area contributed by atoms with Crippen LogP contribution in [-0.2, 0) is 23.4 Å². The highest BCUT2D eigenvalue weighted by atomic mass is 16.5. The predicted molar refractivity (Wildman–Crippen MR) is 117 cm³/mol. The second-order valence-corrected chi connectivity index (χ2v) is 7.89. The zero-order valence-electron chi connectivity index (χ0n) is 18.1. The fourth-order valence-corrected chi connectivity index (χ4v) is 3.40. The maximum atomic E-state index is 12.7. The van der Waals surface area contributed by atoms with Crippen LogP contribution < -0.4 is 0 Å². The first-order chi connectivity index (χ1) is 15.4. The molecule has 0 fully saturated rings. The molecule has 0 saturated carbocycles. The molecule has 0 unspecified atom stereocenters. The first-order valence-electron chi connectivity index (χ1n) is 10.3. The fraction of sp³-hybridized carbons (Fsp3) is 0.261. The van der Waals surface area contributed by atoms with Gasteiger partial charge in [0.15, 0.2) is 11.5 Å². The predicted octanol–water partition coefficient (Wildman–Crippen LogP) is 3.40. The number of rotatable bonds is 7. The van der Waals surface area contributed by atoms with Crippen LogP contribution in [0.25, 0.3) is 22.5 Å². The van der Waals surface area contributed by atoms with Crippen molar-refractivity contribution in [2.75, 3.05) is 0 Å². The lowest BCUT2D eigenvalue weighted by Crippen LogP contribution is -2.21. The number of aliphatic hydroxyl groups is 1. The molecule has 4 rings (SSSR count). The number of benzene rings is 2. The average molecular weight is 432 g/mol. The molecule has 4 aromatic rings. The molecule has 164 valence electrons. The fourth-order valence-electron chi connectivity index (χ4n) is 3.40. The molecule has 0 spiro atoms. The number of H-pyrrole nitrogens is 2. The third-order valence-electron chi connectivity index (χ3n) is 5.03. The van der Waals surface area contributed by atoms with Gasteiger partial charge in [0.05, 0.1) is 0 Å². The molecular formula is C23H24N6O3. The molecule has 0 aliphatic carbocycles. The monoisotopic (exact) mass is 432 g/mol. The third-order valence-corrected chi connectivity index (χ3v) is 5.03. The van der Waals surface area contributed by atoms with Gasteiger partial charge in [0.25, 0.3) is 0 Å². The Morgan fingerprint density at radius 3 is 2.44 bits per heavy atom. The number of tetrazole rings is 1. The normalized spacial score (nSPS) is 11.5. The van der Waals surface area contributed by atoms with Gasteiger partial charge in [-0.1, -0.05) is 55.5 Å². The van der Waals surface area contributed by atoms with Gasteiger partial charge in [0.1, 0.15) is 23.7 Å². The summed E-state index contributed by atoms with van der Waals surface area (Å²) in [6.07, 6.45) is 0.615. The van der Waals surface area contributed by atoms with Crippen molar-refractivity contribution in [1.82, 2.24) is 30.6 Å². The second kappa shape index (κ2) is 8.72. The summed E-state index contributed by atoms with van der Waals surface area (Å²) in [4.78, 5) is 19.9. The summed E-state index contributed by atoms with van der Waals surface area (Å²) in [6, 6.07) is 15.5. The first-order valence-corrected chi connectivity index (χ1v) is 10.3. The van der Waals surface area contributed by atoms with Crippen LogP contribution in [-0.4, -0.2) is 41.7 Å². The van der Waals surface area contributed by atoms with E-state index < -0.39 is 11.6 Å². The quantitative estimate of drug-likeness (QED) is 0.382. The van der Waals surface area contributed by atoms with Crippen LogP contribution in [0.3, 0.4) is 0 Å². The van der Waals surface area contributed by atoms with E-state index in [1.165, 1.54) is 0 Å². The van der Waals surface area contributed by atoms with Crippen LogP contribution >= 0.6 is 0 Å². The van der Waals surface area contributed by atoms with Crippen molar-refractivity contribution in [3.8, 4) is 22.5 Å². The lowest BCUT2D eigenvalue weighted by atomic mass is 9.98. The Labute approximate surface area is 184 Å². The summed E-state index contributed by atoms with van der Waals surface area (Å²) in [5.74, 6) is 0.660. The molecule has 9 nitrogen and oxygen atoms in total. The van der Waals surface area contributed by atoms with Gasteiger partial charge in [-0.25, -0.2) is 14.9 Å². The van der Waals surface area contributed by atoms with Gasteiger partial charge in [-0.2, -0.15) is 0 Å². The number of nitrogens with one attached hydrogen (secondary N) is 2. The molecule has 0 aliphatic rings.